The van der Waals surface area contributed by atoms with E-state index in [4.69, 9.17) is 21.4 Å². The predicted octanol–water partition coefficient (Wildman–Crippen LogP) is 4.32. The minimum absolute atomic E-state index is 0.197. The van der Waals surface area contributed by atoms with Crippen LogP contribution in [0.4, 0.5) is 0 Å². The van der Waals surface area contributed by atoms with Crippen molar-refractivity contribution in [3.63, 3.8) is 0 Å². The molecule has 3 N–H and O–H groups in total. The highest BCUT2D eigenvalue weighted by Crippen LogP contribution is 2.29. The molecule has 166 valence electrons. The Labute approximate surface area is 189 Å². The standard InChI is InChI=1S/C22H18ClNO7S/c23-18-10-9-15(22(27)28)12-20(18)32(29,30)24-19(13-21(25)26)14-5-4-8-17(11-14)31-16-6-2-1-3-7-16/h1-12,19,24H,13H2,(H,25,26)(H,27,28)/t19-/m0/s1. The fraction of sp³-hybridized carbons (Fsp3) is 0.0909. The molecule has 1 atom stereocenters. The molecule has 3 aromatic carbocycles. The number of halogens is 1. The lowest BCUT2D eigenvalue weighted by molar-refractivity contribution is -0.137. The topological polar surface area (TPSA) is 130 Å². The van der Waals surface area contributed by atoms with Gasteiger partial charge in [0.1, 0.15) is 16.4 Å². The summed E-state index contributed by atoms with van der Waals surface area (Å²) in [4.78, 5) is 22.2. The third kappa shape index (κ3) is 5.85. The first-order valence-electron chi connectivity index (χ1n) is 9.25. The van der Waals surface area contributed by atoms with E-state index in [9.17, 15) is 23.1 Å². The Bertz CT molecular complexity index is 1250. The molecule has 0 spiro atoms. The highest BCUT2D eigenvalue weighted by Gasteiger charge is 2.26. The summed E-state index contributed by atoms with van der Waals surface area (Å²) >= 11 is 5.99. The van der Waals surface area contributed by atoms with Crippen LogP contribution in [0.1, 0.15) is 28.4 Å². The summed E-state index contributed by atoms with van der Waals surface area (Å²) in [5, 5.41) is 18.3. The summed E-state index contributed by atoms with van der Waals surface area (Å²) in [6, 6.07) is 17.3. The number of hydrogen-bond acceptors (Lipinski definition) is 5. The summed E-state index contributed by atoms with van der Waals surface area (Å²) in [7, 11) is -4.36. The van der Waals surface area contributed by atoms with E-state index in [0.29, 0.717) is 17.1 Å². The zero-order valence-electron chi connectivity index (χ0n) is 16.4. The molecular weight excluding hydrogens is 458 g/mol. The number of benzene rings is 3. The third-order valence-corrected chi connectivity index (χ3v) is 6.34. The number of carboxylic acids is 2. The van der Waals surface area contributed by atoms with E-state index in [-0.39, 0.29) is 10.6 Å². The van der Waals surface area contributed by atoms with Crippen molar-refractivity contribution >= 4 is 33.6 Å². The van der Waals surface area contributed by atoms with Crippen LogP contribution in [0.3, 0.4) is 0 Å². The summed E-state index contributed by atoms with van der Waals surface area (Å²) in [5.74, 6) is -1.63. The minimum atomic E-state index is -4.36. The summed E-state index contributed by atoms with van der Waals surface area (Å²) in [6.07, 6.45) is -0.565. The number of carbonyl (C=O) groups is 2. The molecular formula is C22H18ClNO7S. The number of nitrogens with one attached hydrogen (secondary N) is 1. The van der Waals surface area contributed by atoms with Crippen molar-refractivity contribution in [3.8, 4) is 11.5 Å². The van der Waals surface area contributed by atoms with E-state index < -0.39 is 39.3 Å². The maximum Gasteiger partial charge on any atom is 0.335 e. The molecule has 0 aliphatic rings. The predicted molar refractivity (Wildman–Crippen MR) is 117 cm³/mol. The maximum atomic E-state index is 13.0. The normalized spacial score (nSPS) is 12.2. The highest BCUT2D eigenvalue weighted by molar-refractivity contribution is 7.89. The van der Waals surface area contributed by atoms with Gasteiger partial charge in [0.2, 0.25) is 10.0 Å². The zero-order chi connectivity index (χ0) is 23.3. The first kappa shape index (κ1) is 23.3. The van der Waals surface area contributed by atoms with Crippen molar-refractivity contribution in [2.75, 3.05) is 0 Å². The molecule has 0 saturated heterocycles. The molecule has 0 heterocycles. The molecule has 3 aromatic rings. The monoisotopic (exact) mass is 475 g/mol. The molecule has 0 aliphatic heterocycles. The second-order valence-corrected chi connectivity index (χ2v) is 8.80. The van der Waals surface area contributed by atoms with Crippen molar-refractivity contribution in [1.82, 2.24) is 4.72 Å². The summed E-state index contributed by atoms with van der Waals surface area (Å²) in [6.45, 7) is 0. The van der Waals surface area contributed by atoms with Crippen LogP contribution >= 0.6 is 11.6 Å². The van der Waals surface area contributed by atoms with Crippen LogP contribution in [0, 0.1) is 0 Å². The fourth-order valence-corrected chi connectivity index (χ4v) is 4.66. The van der Waals surface area contributed by atoms with Crippen LogP contribution in [-0.4, -0.2) is 30.6 Å². The van der Waals surface area contributed by atoms with Gasteiger partial charge in [0.05, 0.1) is 23.0 Å². The molecule has 10 heteroatoms. The van der Waals surface area contributed by atoms with Gasteiger partial charge in [0, 0.05) is 0 Å². The van der Waals surface area contributed by atoms with Gasteiger partial charge in [0.25, 0.3) is 0 Å². The van der Waals surface area contributed by atoms with Crippen LogP contribution in [0.25, 0.3) is 0 Å². The molecule has 0 radical (unpaired) electrons. The largest absolute Gasteiger partial charge is 0.481 e. The molecule has 0 aliphatic carbocycles. The Morgan fingerprint density at radius 2 is 1.62 bits per heavy atom. The highest BCUT2D eigenvalue weighted by atomic mass is 35.5. The van der Waals surface area contributed by atoms with Gasteiger partial charge in [-0.25, -0.2) is 17.9 Å². The molecule has 0 amide bonds. The van der Waals surface area contributed by atoms with Crippen molar-refractivity contribution in [3.05, 3.63) is 88.9 Å². The lowest BCUT2D eigenvalue weighted by atomic mass is 10.0. The van der Waals surface area contributed by atoms with Crippen LogP contribution in [-0.2, 0) is 14.8 Å². The molecule has 0 bridgehead atoms. The van der Waals surface area contributed by atoms with Crippen LogP contribution < -0.4 is 9.46 Å². The Morgan fingerprint density at radius 1 is 0.938 bits per heavy atom. The quantitative estimate of drug-likeness (QED) is 0.420. The SMILES string of the molecule is O=C(O)C[C@H](NS(=O)(=O)c1cc(C(=O)O)ccc1Cl)c1cccc(Oc2ccccc2)c1. The summed E-state index contributed by atoms with van der Waals surface area (Å²) in [5.41, 5.74) is 0.0673. The number of aromatic carboxylic acids is 1. The number of para-hydroxylation sites is 1. The van der Waals surface area contributed by atoms with Gasteiger partial charge >= 0.3 is 11.9 Å². The average Bonchev–Trinajstić information content (AvgIpc) is 2.73. The van der Waals surface area contributed by atoms with Crippen molar-refractivity contribution in [1.29, 1.82) is 0 Å². The van der Waals surface area contributed by atoms with Crippen LogP contribution in [0.2, 0.25) is 5.02 Å². The minimum Gasteiger partial charge on any atom is -0.481 e. The van der Waals surface area contributed by atoms with E-state index >= 15 is 0 Å². The van der Waals surface area contributed by atoms with Crippen LogP contribution in [0.15, 0.2) is 77.7 Å². The number of carboxylic acid groups (broad SMARTS) is 2. The molecule has 0 unspecified atom stereocenters. The van der Waals surface area contributed by atoms with E-state index in [0.717, 1.165) is 12.1 Å². The lowest BCUT2D eigenvalue weighted by Gasteiger charge is -2.19. The first-order valence-corrected chi connectivity index (χ1v) is 11.1. The van der Waals surface area contributed by atoms with E-state index in [1.807, 2.05) is 6.07 Å². The molecule has 0 saturated carbocycles. The smallest absolute Gasteiger partial charge is 0.335 e. The Balaban J connectivity index is 1.94. The van der Waals surface area contributed by atoms with Crippen LogP contribution in [0.5, 0.6) is 11.5 Å². The number of sulfonamides is 1. The fourth-order valence-electron chi connectivity index (χ4n) is 2.91. The second kappa shape index (κ2) is 9.82. The zero-order valence-corrected chi connectivity index (χ0v) is 18.0. The van der Waals surface area contributed by atoms with E-state index in [1.54, 1.807) is 42.5 Å². The molecule has 3 rings (SSSR count). The van der Waals surface area contributed by atoms with E-state index in [2.05, 4.69) is 4.72 Å². The van der Waals surface area contributed by atoms with Crippen molar-refractivity contribution < 1.29 is 33.0 Å². The van der Waals surface area contributed by atoms with E-state index in [1.165, 1.54) is 12.1 Å². The number of aliphatic carboxylic acids is 1. The molecule has 0 fully saturated rings. The molecule has 8 nitrogen and oxygen atoms in total. The first-order chi connectivity index (χ1) is 15.2. The van der Waals surface area contributed by atoms with Gasteiger partial charge in [-0.05, 0) is 48.0 Å². The number of ether oxygens (including phenoxy) is 1. The van der Waals surface area contributed by atoms with Gasteiger partial charge < -0.3 is 14.9 Å². The Hall–Kier alpha value is -3.40. The molecule has 32 heavy (non-hydrogen) atoms. The van der Waals surface area contributed by atoms with Gasteiger partial charge in [-0.1, -0.05) is 41.9 Å². The van der Waals surface area contributed by atoms with Crippen molar-refractivity contribution in [2.45, 2.75) is 17.4 Å². The number of hydrogen-bond donors (Lipinski definition) is 3. The lowest BCUT2D eigenvalue weighted by Crippen LogP contribution is -2.30. The average molecular weight is 476 g/mol. The second-order valence-electron chi connectivity index (χ2n) is 6.71. The maximum absolute atomic E-state index is 13.0. The van der Waals surface area contributed by atoms with Gasteiger partial charge in [-0.2, -0.15) is 0 Å². The van der Waals surface area contributed by atoms with Crippen molar-refractivity contribution in [2.24, 2.45) is 0 Å². The summed E-state index contributed by atoms with van der Waals surface area (Å²) < 4.78 is 34.0. The van der Waals surface area contributed by atoms with Gasteiger partial charge in [-0.3, -0.25) is 4.79 Å². The van der Waals surface area contributed by atoms with Gasteiger partial charge in [0.15, 0.2) is 0 Å². The Kier molecular flexibility index (Phi) is 7.14. The number of rotatable bonds is 9. The van der Waals surface area contributed by atoms with Gasteiger partial charge in [-0.15, -0.1) is 0 Å². The third-order valence-electron chi connectivity index (χ3n) is 4.38. The molecule has 0 aromatic heterocycles. The Morgan fingerprint density at radius 3 is 2.28 bits per heavy atom.